The van der Waals surface area contributed by atoms with Crippen LogP contribution >= 0.6 is 0 Å². The molecule has 3 heterocycles. The normalized spacial score (nSPS) is 11.9. The van der Waals surface area contributed by atoms with Crippen molar-refractivity contribution in [1.82, 2.24) is 9.13 Å². The molecule has 3 aromatic heterocycles. The van der Waals surface area contributed by atoms with Crippen molar-refractivity contribution in [1.29, 1.82) is 0 Å². The van der Waals surface area contributed by atoms with Gasteiger partial charge < -0.3 is 13.6 Å². The summed E-state index contributed by atoms with van der Waals surface area (Å²) in [6.45, 7) is 0. The molecule has 0 saturated heterocycles. The zero-order chi connectivity index (χ0) is 33.5. The minimum absolute atomic E-state index is 0.897. The Hall–Kier alpha value is -6.84. The fourth-order valence-corrected chi connectivity index (χ4v) is 8.17. The number of aromatic nitrogens is 2. The van der Waals surface area contributed by atoms with E-state index >= 15 is 0 Å². The number of furan rings is 1. The SMILES string of the molecule is c1ccc(-c2ccc3oc4c(ccc5c6ccccc6n(-c6ccc(-c7ccc(-n8c9ccccc9c9ccccc98)cc7)cc6)c54)c3c2)cc1. The predicted molar refractivity (Wildman–Crippen MR) is 213 cm³/mol. The number of hydrogen-bond acceptors (Lipinski definition) is 1. The summed E-state index contributed by atoms with van der Waals surface area (Å²) < 4.78 is 11.4. The highest BCUT2D eigenvalue weighted by atomic mass is 16.3. The molecular formula is C48H30N2O. The number of benzene rings is 8. The van der Waals surface area contributed by atoms with Crippen LogP contribution in [0, 0.1) is 0 Å². The third-order valence-electron chi connectivity index (χ3n) is 10.5. The lowest BCUT2D eigenvalue weighted by atomic mass is 10.0. The van der Waals surface area contributed by atoms with E-state index in [4.69, 9.17) is 4.42 Å². The lowest BCUT2D eigenvalue weighted by molar-refractivity contribution is 0.671. The van der Waals surface area contributed by atoms with Crippen molar-refractivity contribution in [3.8, 4) is 33.6 Å². The zero-order valence-electron chi connectivity index (χ0n) is 27.6. The molecule has 0 atom stereocenters. The molecule has 0 radical (unpaired) electrons. The highest BCUT2D eigenvalue weighted by molar-refractivity contribution is 6.21. The average molecular weight is 651 g/mol. The number of para-hydroxylation sites is 3. The maximum atomic E-state index is 6.71. The van der Waals surface area contributed by atoms with E-state index in [1.807, 2.05) is 0 Å². The van der Waals surface area contributed by atoms with Crippen molar-refractivity contribution in [2.45, 2.75) is 0 Å². The summed E-state index contributed by atoms with van der Waals surface area (Å²) in [7, 11) is 0. The van der Waals surface area contributed by atoms with Crippen LogP contribution in [-0.4, -0.2) is 9.13 Å². The fourth-order valence-electron chi connectivity index (χ4n) is 8.17. The molecule has 0 bridgehead atoms. The van der Waals surface area contributed by atoms with E-state index in [1.54, 1.807) is 0 Å². The molecule has 51 heavy (non-hydrogen) atoms. The Bertz CT molecular complexity index is 3050. The minimum atomic E-state index is 0.897. The Morgan fingerprint density at radius 1 is 0.314 bits per heavy atom. The molecule has 0 aliphatic rings. The number of fused-ring (bicyclic) bond motifs is 10. The predicted octanol–water partition coefficient (Wildman–Crippen LogP) is 13.1. The van der Waals surface area contributed by atoms with Gasteiger partial charge in [0.2, 0.25) is 0 Å². The van der Waals surface area contributed by atoms with E-state index in [0.29, 0.717) is 0 Å². The summed E-state index contributed by atoms with van der Waals surface area (Å²) in [4.78, 5) is 0. The van der Waals surface area contributed by atoms with E-state index in [-0.39, 0.29) is 0 Å². The van der Waals surface area contributed by atoms with Gasteiger partial charge in [-0.2, -0.15) is 0 Å². The van der Waals surface area contributed by atoms with Crippen molar-refractivity contribution < 1.29 is 4.42 Å². The van der Waals surface area contributed by atoms with Gasteiger partial charge in [-0.3, -0.25) is 0 Å². The molecule has 0 fully saturated rings. The van der Waals surface area contributed by atoms with Gasteiger partial charge in [0, 0.05) is 43.7 Å². The van der Waals surface area contributed by atoms with Crippen LogP contribution in [0.25, 0.3) is 99.2 Å². The third kappa shape index (κ3) is 4.19. The van der Waals surface area contributed by atoms with Gasteiger partial charge in [-0.25, -0.2) is 0 Å². The standard InChI is InChI=1S/C48H30N2O/c1-2-10-31(11-3-1)34-22-29-46-42(30-34)41-28-27-40-39-14-6-9-17-45(39)50(47(40)48(41)51-46)36-25-20-33(21-26-36)32-18-23-35(24-19-32)49-43-15-7-4-12-37(43)38-13-5-8-16-44(38)49/h1-30H. The molecule has 11 aromatic rings. The van der Waals surface area contributed by atoms with Crippen molar-refractivity contribution in [2.24, 2.45) is 0 Å². The number of hydrogen-bond donors (Lipinski definition) is 0. The van der Waals surface area contributed by atoms with Crippen LogP contribution in [-0.2, 0) is 0 Å². The molecule has 0 amide bonds. The Balaban J connectivity index is 1.03. The molecule has 0 unspecified atom stereocenters. The molecule has 0 saturated carbocycles. The van der Waals surface area contributed by atoms with Crippen LogP contribution in [0.2, 0.25) is 0 Å². The first kappa shape index (κ1) is 28.0. The van der Waals surface area contributed by atoms with Crippen molar-refractivity contribution >= 4 is 65.6 Å². The van der Waals surface area contributed by atoms with E-state index in [2.05, 4.69) is 191 Å². The monoisotopic (exact) mass is 650 g/mol. The van der Waals surface area contributed by atoms with Crippen molar-refractivity contribution in [3.05, 3.63) is 182 Å². The van der Waals surface area contributed by atoms with Gasteiger partial charge in [0.05, 0.1) is 22.1 Å². The van der Waals surface area contributed by atoms with Gasteiger partial charge in [-0.05, 0) is 82.9 Å². The topological polar surface area (TPSA) is 23.0 Å². The molecule has 3 heteroatoms. The van der Waals surface area contributed by atoms with Crippen LogP contribution in [0.1, 0.15) is 0 Å². The maximum Gasteiger partial charge on any atom is 0.160 e. The molecule has 11 rings (SSSR count). The van der Waals surface area contributed by atoms with Crippen molar-refractivity contribution in [3.63, 3.8) is 0 Å². The summed E-state index contributed by atoms with van der Waals surface area (Å²) in [5, 5.41) is 7.20. The highest BCUT2D eigenvalue weighted by Crippen LogP contribution is 2.41. The lowest BCUT2D eigenvalue weighted by Gasteiger charge is -2.11. The second kappa shape index (κ2) is 10.8. The summed E-state index contributed by atoms with van der Waals surface area (Å²) in [5.41, 5.74) is 13.5. The molecule has 0 aliphatic heterocycles. The molecular weight excluding hydrogens is 621 g/mol. The molecule has 8 aromatic carbocycles. The van der Waals surface area contributed by atoms with Gasteiger partial charge >= 0.3 is 0 Å². The first-order chi connectivity index (χ1) is 25.3. The Labute approximate surface area is 293 Å². The van der Waals surface area contributed by atoms with Crippen LogP contribution in [0.15, 0.2) is 186 Å². The summed E-state index contributed by atoms with van der Waals surface area (Å²) in [6, 6.07) is 65.4. The minimum Gasteiger partial charge on any atom is -0.454 e. The van der Waals surface area contributed by atoms with E-state index < -0.39 is 0 Å². The molecule has 0 N–H and O–H groups in total. The zero-order valence-corrected chi connectivity index (χ0v) is 27.6. The fraction of sp³-hybridized carbons (Fsp3) is 0. The average Bonchev–Trinajstić information content (AvgIpc) is 3.86. The number of nitrogens with zero attached hydrogens (tertiary/aromatic N) is 2. The highest BCUT2D eigenvalue weighted by Gasteiger charge is 2.19. The third-order valence-corrected chi connectivity index (χ3v) is 10.5. The molecule has 238 valence electrons. The summed E-state index contributed by atoms with van der Waals surface area (Å²) >= 11 is 0. The van der Waals surface area contributed by atoms with Gasteiger partial charge in [0.1, 0.15) is 5.58 Å². The maximum absolute atomic E-state index is 6.71. The van der Waals surface area contributed by atoms with Gasteiger partial charge in [0.25, 0.3) is 0 Å². The van der Waals surface area contributed by atoms with Gasteiger partial charge in [0.15, 0.2) is 5.58 Å². The van der Waals surface area contributed by atoms with Crippen LogP contribution in [0.3, 0.4) is 0 Å². The smallest absolute Gasteiger partial charge is 0.160 e. The quantitative estimate of drug-likeness (QED) is 0.186. The Morgan fingerprint density at radius 2 is 0.784 bits per heavy atom. The largest absolute Gasteiger partial charge is 0.454 e. The van der Waals surface area contributed by atoms with Crippen LogP contribution < -0.4 is 0 Å². The van der Waals surface area contributed by atoms with E-state index in [0.717, 1.165) is 44.3 Å². The van der Waals surface area contributed by atoms with Gasteiger partial charge in [-0.1, -0.05) is 121 Å². The Kier molecular flexibility index (Phi) is 5.96. The molecule has 0 spiro atoms. The second-order valence-electron chi connectivity index (χ2n) is 13.3. The summed E-state index contributed by atoms with van der Waals surface area (Å²) in [6.07, 6.45) is 0. The van der Waals surface area contributed by atoms with E-state index in [1.165, 1.54) is 54.8 Å². The first-order valence-electron chi connectivity index (χ1n) is 17.4. The van der Waals surface area contributed by atoms with Gasteiger partial charge in [-0.15, -0.1) is 0 Å². The first-order valence-corrected chi connectivity index (χ1v) is 17.4. The lowest BCUT2D eigenvalue weighted by Crippen LogP contribution is -1.95. The summed E-state index contributed by atoms with van der Waals surface area (Å²) in [5.74, 6) is 0. The second-order valence-corrected chi connectivity index (χ2v) is 13.3. The molecule has 3 nitrogen and oxygen atoms in total. The van der Waals surface area contributed by atoms with Crippen LogP contribution in [0.4, 0.5) is 0 Å². The number of rotatable bonds is 4. The van der Waals surface area contributed by atoms with E-state index in [9.17, 15) is 0 Å². The van der Waals surface area contributed by atoms with Crippen LogP contribution in [0.5, 0.6) is 0 Å². The van der Waals surface area contributed by atoms with Crippen molar-refractivity contribution in [2.75, 3.05) is 0 Å². The molecule has 0 aliphatic carbocycles. The Morgan fingerprint density at radius 3 is 1.41 bits per heavy atom.